The van der Waals surface area contributed by atoms with Gasteiger partial charge >= 0.3 is 6.03 Å². The Balaban J connectivity index is 2.85. The molecular formula is C9H13N3O. The molecular weight excluding hydrogens is 166 g/mol. The lowest BCUT2D eigenvalue weighted by Gasteiger charge is -2.13. The molecule has 2 amide bonds. The Bertz CT molecular complexity index is 309. The van der Waals surface area contributed by atoms with Gasteiger partial charge in [-0.25, -0.2) is 4.79 Å². The van der Waals surface area contributed by atoms with E-state index in [2.05, 4.69) is 5.32 Å². The molecule has 13 heavy (non-hydrogen) atoms. The van der Waals surface area contributed by atoms with Crippen LogP contribution in [0, 0.1) is 0 Å². The first-order valence-corrected chi connectivity index (χ1v) is 3.93. The number of carbonyl (C=O) groups excluding carboxylic acids is 1. The Morgan fingerprint density at radius 3 is 2.69 bits per heavy atom. The smallest absolute Gasteiger partial charge is 0.316 e. The Morgan fingerprint density at radius 2 is 2.15 bits per heavy atom. The molecule has 1 aromatic rings. The number of nitrogens with zero attached hydrogens (tertiary/aromatic N) is 1. The van der Waals surface area contributed by atoms with E-state index in [1.54, 1.807) is 6.07 Å². The van der Waals surface area contributed by atoms with Gasteiger partial charge in [-0.15, -0.1) is 0 Å². The molecule has 0 saturated heterocycles. The first-order valence-electron chi connectivity index (χ1n) is 3.93. The Kier molecular flexibility index (Phi) is 2.74. The summed E-state index contributed by atoms with van der Waals surface area (Å²) in [5.74, 6) is 0. The van der Waals surface area contributed by atoms with Gasteiger partial charge in [0.15, 0.2) is 0 Å². The van der Waals surface area contributed by atoms with Gasteiger partial charge in [-0.05, 0) is 18.2 Å². The SMILES string of the molecule is CN(C)c1cccc(NC(N)=O)c1. The van der Waals surface area contributed by atoms with Gasteiger partial charge in [-0.1, -0.05) is 6.07 Å². The van der Waals surface area contributed by atoms with Crippen molar-refractivity contribution in [3.05, 3.63) is 24.3 Å². The van der Waals surface area contributed by atoms with Crippen molar-refractivity contribution in [1.82, 2.24) is 0 Å². The average Bonchev–Trinajstić information content (AvgIpc) is 2.03. The minimum absolute atomic E-state index is 0.545. The Hall–Kier alpha value is -1.71. The molecule has 0 aliphatic rings. The predicted molar refractivity (Wildman–Crippen MR) is 54.0 cm³/mol. The van der Waals surface area contributed by atoms with E-state index >= 15 is 0 Å². The first kappa shape index (κ1) is 9.38. The molecule has 3 N–H and O–H groups in total. The summed E-state index contributed by atoms with van der Waals surface area (Å²) < 4.78 is 0. The van der Waals surface area contributed by atoms with Gasteiger partial charge in [0, 0.05) is 25.5 Å². The molecule has 0 bridgehead atoms. The maximum Gasteiger partial charge on any atom is 0.316 e. The molecule has 70 valence electrons. The lowest BCUT2D eigenvalue weighted by atomic mass is 10.2. The standard InChI is InChI=1S/C9H13N3O/c1-12(2)8-5-3-4-7(6-8)11-9(10)13/h3-6H,1-2H3,(H3,10,11,13). The highest BCUT2D eigenvalue weighted by Crippen LogP contribution is 2.16. The molecule has 0 heterocycles. The van der Waals surface area contributed by atoms with Gasteiger partial charge in [0.25, 0.3) is 0 Å². The summed E-state index contributed by atoms with van der Waals surface area (Å²) in [6, 6.07) is 6.91. The fourth-order valence-electron chi connectivity index (χ4n) is 1.00. The van der Waals surface area contributed by atoms with Crippen molar-refractivity contribution in [3.63, 3.8) is 0 Å². The van der Waals surface area contributed by atoms with Gasteiger partial charge < -0.3 is 16.0 Å². The zero-order valence-corrected chi connectivity index (χ0v) is 7.74. The summed E-state index contributed by atoms with van der Waals surface area (Å²) in [7, 11) is 3.87. The second-order valence-corrected chi connectivity index (χ2v) is 2.93. The summed E-state index contributed by atoms with van der Waals surface area (Å²) in [5, 5.41) is 2.51. The van der Waals surface area contributed by atoms with E-state index in [1.807, 2.05) is 37.2 Å². The van der Waals surface area contributed by atoms with E-state index in [9.17, 15) is 4.79 Å². The van der Waals surface area contributed by atoms with Crippen molar-refractivity contribution < 1.29 is 4.79 Å². The lowest BCUT2D eigenvalue weighted by Crippen LogP contribution is -2.19. The van der Waals surface area contributed by atoms with E-state index < -0.39 is 6.03 Å². The minimum atomic E-state index is -0.545. The molecule has 4 heteroatoms. The van der Waals surface area contributed by atoms with Crippen LogP contribution in [0.25, 0.3) is 0 Å². The van der Waals surface area contributed by atoms with Gasteiger partial charge in [-0.3, -0.25) is 0 Å². The van der Waals surface area contributed by atoms with E-state index in [0.717, 1.165) is 5.69 Å². The maximum absolute atomic E-state index is 10.5. The van der Waals surface area contributed by atoms with E-state index in [0.29, 0.717) is 5.69 Å². The maximum atomic E-state index is 10.5. The highest BCUT2D eigenvalue weighted by molar-refractivity contribution is 5.88. The molecule has 1 aromatic carbocycles. The number of amides is 2. The number of hydrogen-bond acceptors (Lipinski definition) is 2. The van der Waals surface area contributed by atoms with Gasteiger partial charge in [-0.2, -0.15) is 0 Å². The summed E-state index contributed by atoms with van der Waals surface area (Å²) in [4.78, 5) is 12.5. The third kappa shape index (κ3) is 2.66. The van der Waals surface area contributed by atoms with Crippen LogP contribution in [-0.4, -0.2) is 20.1 Å². The zero-order valence-electron chi connectivity index (χ0n) is 7.74. The van der Waals surface area contributed by atoms with Gasteiger partial charge in [0.2, 0.25) is 0 Å². The van der Waals surface area contributed by atoms with Crippen molar-refractivity contribution >= 4 is 17.4 Å². The number of urea groups is 1. The molecule has 0 atom stereocenters. The summed E-state index contributed by atoms with van der Waals surface area (Å²) >= 11 is 0. The molecule has 0 radical (unpaired) electrons. The molecule has 0 aliphatic carbocycles. The van der Waals surface area contributed by atoms with Gasteiger partial charge in [0.1, 0.15) is 0 Å². The lowest BCUT2D eigenvalue weighted by molar-refractivity contribution is 0.259. The predicted octanol–water partition coefficient (Wildman–Crippen LogP) is 1.24. The third-order valence-corrected chi connectivity index (χ3v) is 1.63. The van der Waals surface area contributed by atoms with Crippen LogP contribution in [0.15, 0.2) is 24.3 Å². The summed E-state index contributed by atoms with van der Waals surface area (Å²) in [6.07, 6.45) is 0. The average molecular weight is 179 g/mol. The summed E-state index contributed by atoms with van der Waals surface area (Å²) in [6.45, 7) is 0. The zero-order chi connectivity index (χ0) is 9.84. The van der Waals surface area contributed by atoms with Crippen LogP contribution in [0.5, 0.6) is 0 Å². The third-order valence-electron chi connectivity index (χ3n) is 1.63. The number of carbonyl (C=O) groups is 1. The Morgan fingerprint density at radius 1 is 1.46 bits per heavy atom. The highest BCUT2D eigenvalue weighted by Gasteiger charge is 1.98. The van der Waals surface area contributed by atoms with Gasteiger partial charge in [0.05, 0.1) is 0 Å². The quantitative estimate of drug-likeness (QED) is 0.717. The first-order chi connectivity index (χ1) is 6.09. The molecule has 0 aromatic heterocycles. The number of rotatable bonds is 2. The summed E-state index contributed by atoms with van der Waals surface area (Å²) in [5.41, 5.74) is 6.71. The second-order valence-electron chi connectivity index (χ2n) is 2.93. The topological polar surface area (TPSA) is 58.4 Å². The minimum Gasteiger partial charge on any atom is -0.378 e. The van der Waals surface area contributed by atoms with Crippen LogP contribution in [0.2, 0.25) is 0 Å². The Labute approximate surface area is 77.3 Å². The number of benzene rings is 1. The number of hydrogen-bond donors (Lipinski definition) is 2. The van der Waals surface area contributed by atoms with Crippen molar-refractivity contribution in [2.75, 3.05) is 24.3 Å². The van der Waals surface area contributed by atoms with E-state index in [-0.39, 0.29) is 0 Å². The van der Waals surface area contributed by atoms with E-state index in [4.69, 9.17) is 5.73 Å². The van der Waals surface area contributed by atoms with Crippen molar-refractivity contribution in [3.8, 4) is 0 Å². The van der Waals surface area contributed by atoms with Crippen molar-refractivity contribution in [2.24, 2.45) is 5.73 Å². The highest BCUT2D eigenvalue weighted by atomic mass is 16.2. The van der Waals surface area contributed by atoms with E-state index in [1.165, 1.54) is 0 Å². The number of anilines is 2. The molecule has 0 unspecified atom stereocenters. The van der Waals surface area contributed by atoms with Crippen molar-refractivity contribution in [1.29, 1.82) is 0 Å². The van der Waals surface area contributed by atoms with Crippen molar-refractivity contribution in [2.45, 2.75) is 0 Å². The molecule has 0 aliphatic heterocycles. The van der Waals surface area contributed by atoms with Crippen LogP contribution in [0.3, 0.4) is 0 Å². The number of nitrogens with two attached hydrogens (primary N) is 1. The number of nitrogens with one attached hydrogen (secondary N) is 1. The van der Waals surface area contributed by atoms with Crippen LogP contribution >= 0.6 is 0 Å². The molecule has 0 fully saturated rings. The van der Waals surface area contributed by atoms with Crippen LogP contribution in [-0.2, 0) is 0 Å². The molecule has 0 saturated carbocycles. The number of primary amides is 1. The second kappa shape index (κ2) is 3.80. The molecule has 0 spiro atoms. The molecule has 4 nitrogen and oxygen atoms in total. The van der Waals surface area contributed by atoms with Crippen LogP contribution in [0.4, 0.5) is 16.2 Å². The fraction of sp³-hybridized carbons (Fsp3) is 0.222. The largest absolute Gasteiger partial charge is 0.378 e. The van der Waals surface area contributed by atoms with Crippen LogP contribution in [0.1, 0.15) is 0 Å². The molecule has 1 rings (SSSR count). The van der Waals surface area contributed by atoms with Crippen LogP contribution < -0.4 is 16.0 Å². The monoisotopic (exact) mass is 179 g/mol. The normalized spacial score (nSPS) is 9.38. The fourth-order valence-corrected chi connectivity index (χ4v) is 1.00.